The number of fused-ring (bicyclic) bond motifs is 1. The first kappa shape index (κ1) is 15.1. The van der Waals surface area contributed by atoms with Crippen molar-refractivity contribution in [2.45, 2.75) is 13.0 Å². The first-order chi connectivity index (χ1) is 9.26. The van der Waals surface area contributed by atoms with Gasteiger partial charge in [0, 0.05) is 22.2 Å². The van der Waals surface area contributed by atoms with E-state index in [0.29, 0.717) is 11.4 Å². The van der Waals surface area contributed by atoms with Crippen LogP contribution in [0.4, 0.5) is 11.4 Å². The van der Waals surface area contributed by atoms with E-state index in [1.165, 1.54) is 6.26 Å². The number of nitrogens with one attached hydrogen (secondary N) is 1. The van der Waals surface area contributed by atoms with Gasteiger partial charge in [-0.1, -0.05) is 15.9 Å². The Bertz CT molecular complexity index is 741. The number of halogens is 1. The van der Waals surface area contributed by atoms with Crippen LogP contribution >= 0.6 is 15.9 Å². The molecule has 2 aromatic rings. The molecule has 1 aromatic carbocycles. The van der Waals surface area contributed by atoms with E-state index in [9.17, 15) is 8.42 Å². The smallest absolute Gasteiger partial charge is 0.149 e. The van der Waals surface area contributed by atoms with Crippen molar-refractivity contribution in [2.24, 2.45) is 0 Å². The Morgan fingerprint density at radius 2 is 2.15 bits per heavy atom. The fourth-order valence-corrected chi connectivity index (χ4v) is 3.44. The van der Waals surface area contributed by atoms with Crippen LogP contribution < -0.4 is 11.1 Å². The molecule has 0 amide bonds. The number of benzene rings is 1. The molecule has 0 saturated heterocycles. The lowest BCUT2D eigenvalue weighted by Gasteiger charge is -2.17. The van der Waals surface area contributed by atoms with Crippen molar-refractivity contribution < 1.29 is 8.42 Å². The molecule has 5 nitrogen and oxygen atoms in total. The van der Waals surface area contributed by atoms with Gasteiger partial charge in [0.2, 0.25) is 0 Å². The first-order valence-electron chi connectivity index (χ1n) is 6.04. The third-order valence-corrected chi connectivity index (χ3v) is 4.40. The predicted molar refractivity (Wildman–Crippen MR) is 86.7 cm³/mol. The lowest BCUT2D eigenvalue weighted by atomic mass is 10.1. The number of hydrogen-bond acceptors (Lipinski definition) is 5. The van der Waals surface area contributed by atoms with E-state index in [0.717, 1.165) is 15.4 Å². The Kier molecular flexibility index (Phi) is 4.19. The van der Waals surface area contributed by atoms with Gasteiger partial charge in [0.15, 0.2) is 0 Å². The molecule has 3 N–H and O–H groups in total. The van der Waals surface area contributed by atoms with Gasteiger partial charge in [-0.25, -0.2) is 8.42 Å². The molecule has 0 radical (unpaired) electrons. The summed E-state index contributed by atoms with van der Waals surface area (Å²) in [5.41, 5.74) is 7.97. The summed E-state index contributed by atoms with van der Waals surface area (Å²) in [4.78, 5) is 4.26. The molecule has 108 valence electrons. The minimum atomic E-state index is -3.05. The Hall–Kier alpha value is -1.34. The Labute approximate surface area is 126 Å². The number of nitrogen functional groups attached to an aromatic ring is 1. The summed E-state index contributed by atoms with van der Waals surface area (Å²) in [5.74, 6) is 0.0459. The fourth-order valence-electron chi connectivity index (χ4n) is 2.08. The second-order valence-corrected chi connectivity index (χ2v) is 7.99. The number of hydrogen-bond donors (Lipinski definition) is 2. The predicted octanol–water partition coefficient (Wildman–Crippen LogP) is 2.42. The molecule has 7 heteroatoms. The van der Waals surface area contributed by atoms with E-state index < -0.39 is 9.84 Å². The molecule has 0 aliphatic carbocycles. The zero-order valence-corrected chi connectivity index (χ0v) is 13.6. The molecule has 1 atom stereocenters. The molecule has 0 fully saturated rings. The standard InChI is InChI=1S/C13H16BrN3O2S/c1-8(7-20(2,18)19)17-13-10-5-9(14)3-4-12(10)16-6-11(13)15/h3-6,8H,7,15H2,1-2H3,(H,16,17). The maximum absolute atomic E-state index is 11.3. The van der Waals surface area contributed by atoms with E-state index in [-0.39, 0.29) is 11.8 Å². The quantitative estimate of drug-likeness (QED) is 0.877. The normalized spacial score (nSPS) is 13.3. The summed E-state index contributed by atoms with van der Waals surface area (Å²) < 4.78 is 23.6. The molecule has 20 heavy (non-hydrogen) atoms. The maximum atomic E-state index is 11.3. The fraction of sp³-hybridized carbons (Fsp3) is 0.308. The van der Waals surface area contributed by atoms with Crippen LogP contribution in [0.5, 0.6) is 0 Å². The van der Waals surface area contributed by atoms with Gasteiger partial charge in [-0.2, -0.15) is 0 Å². The lowest BCUT2D eigenvalue weighted by Crippen LogP contribution is -2.25. The Morgan fingerprint density at radius 1 is 1.45 bits per heavy atom. The lowest BCUT2D eigenvalue weighted by molar-refractivity contribution is 0.598. The molecular weight excluding hydrogens is 342 g/mol. The van der Waals surface area contributed by atoms with Crippen molar-refractivity contribution in [3.05, 3.63) is 28.9 Å². The highest BCUT2D eigenvalue weighted by Crippen LogP contribution is 2.30. The molecule has 0 bridgehead atoms. The average molecular weight is 358 g/mol. The summed E-state index contributed by atoms with van der Waals surface area (Å²) in [6.45, 7) is 1.81. The number of nitrogens with zero attached hydrogens (tertiary/aromatic N) is 1. The third-order valence-electron chi connectivity index (χ3n) is 2.80. The molecule has 1 unspecified atom stereocenters. The van der Waals surface area contributed by atoms with Gasteiger partial charge < -0.3 is 11.1 Å². The van der Waals surface area contributed by atoms with Crippen LogP contribution in [0.3, 0.4) is 0 Å². The van der Waals surface area contributed by atoms with Gasteiger partial charge in [-0.15, -0.1) is 0 Å². The van der Waals surface area contributed by atoms with E-state index in [1.807, 2.05) is 25.1 Å². The summed E-state index contributed by atoms with van der Waals surface area (Å²) in [6.07, 6.45) is 2.79. The van der Waals surface area contributed by atoms with Gasteiger partial charge in [-0.05, 0) is 25.1 Å². The average Bonchev–Trinajstić information content (AvgIpc) is 2.31. The van der Waals surface area contributed by atoms with Crippen LogP contribution in [-0.4, -0.2) is 31.5 Å². The van der Waals surface area contributed by atoms with Crippen molar-refractivity contribution in [3.8, 4) is 0 Å². The minimum Gasteiger partial charge on any atom is -0.396 e. The summed E-state index contributed by atoms with van der Waals surface area (Å²) in [6, 6.07) is 5.45. The zero-order chi connectivity index (χ0) is 14.9. The Morgan fingerprint density at radius 3 is 2.80 bits per heavy atom. The molecule has 0 aliphatic rings. The van der Waals surface area contributed by atoms with Crippen LogP contribution in [-0.2, 0) is 9.84 Å². The highest BCUT2D eigenvalue weighted by Gasteiger charge is 2.14. The van der Waals surface area contributed by atoms with Crippen LogP contribution in [0.2, 0.25) is 0 Å². The molecule has 0 saturated carbocycles. The third kappa shape index (κ3) is 3.61. The minimum absolute atomic E-state index is 0.0459. The number of pyridine rings is 1. The highest BCUT2D eigenvalue weighted by atomic mass is 79.9. The monoisotopic (exact) mass is 357 g/mol. The SMILES string of the molecule is CC(CS(C)(=O)=O)Nc1c(N)cnc2ccc(Br)cc12. The second-order valence-electron chi connectivity index (χ2n) is 4.89. The van der Waals surface area contributed by atoms with Crippen molar-refractivity contribution in [2.75, 3.05) is 23.1 Å². The van der Waals surface area contributed by atoms with Crippen LogP contribution in [0.1, 0.15) is 6.92 Å². The van der Waals surface area contributed by atoms with Gasteiger partial charge in [0.25, 0.3) is 0 Å². The van der Waals surface area contributed by atoms with Crippen LogP contribution in [0, 0.1) is 0 Å². The van der Waals surface area contributed by atoms with Crippen LogP contribution in [0.15, 0.2) is 28.9 Å². The van der Waals surface area contributed by atoms with Crippen molar-refractivity contribution in [1.82, 2.24) is 4.98 Å². The molecule has 2 rings (SSSR count). The van der Waals surface area contributed by atoms with Gasteiger partial charge in [0.05, 0.1) is 28.8 Å². The number of nitrogens with two attached hydrogens (primary N) is 1. The van der Waals surface area contributed by atoms with Gasteiger partial charge in [0.1, 0.15) is 9.84 Å². The van der Waals surface area contributed by atoms with E-state index in [1.54, 1.807) is 6.20 Å². The topological polar surface area (TPSA) is 85.1 Å². The van der Waals surface area contributed by atoms with Gasteiger partial charge >= 0.3 is 0 Å². The van der Waals surface area contributed by atoms with Crippen LogP contribution in [0.25, 0.3) is 10.9 Å². The van der Waals surface area contributed by atoms with Gasteiger partial charge in [-0.3, -0.25) is 4.98 Å². The number of aromatic nitrogens is 1. The number of sulfone groups is 1. The summed E-state index contributed by atoms with van der Waals surface area (Å²) in [7, 11) is -3.05. The highest BCUT2D eigenvalue weighted by molar-refractivity contribution is 9.10. The largest absolute Gasteiger partial charge is 0.396 e. The summed E-state index contributed by atoms with van der Waals surface area (Å²) >= 11 is 3.41. The van der Waals surface area contributed by atoms with E-state index in [4.69, 9.17) is 5.73 Å². The molecular formula is C13H16BrN3O2S. The van der Waals surface area contributed by atoms with Crippen molar-refractivity contribution in [3.63, 3.8) is 0 Å². The number of rotatable bonds is 4. The molecule has 0 aliphatic heterocycles. The van der Waals surface area contributed by atoms with E-state index >= 15 is 0 Å². The van der Waals surface area contributed by atoms with Crippen molar-refractivity contribution in [1.29, 1.82) is 0 Å². The summed E-state index contributed by atoms with van der Waals surface area (Å²) in [5, 5.41) is 4.03. The molecule has 1 aromatic heterocycles. The molecule has 0 spiro atoms. The first-order valence-corrected chi connectivity index (χ1v) is 8.89. The maximum Gasteiger partial charge on any atom is 0.149 e. The zero-order valence-electron chi connectivity index (χ0n) is 11.2. The van der Waals surface area contributed by atoms with E-state index in [2.05, 4.69) is 26.2 Å². The second kappa shape index (κ2) is 5.57. The number of anilines is 2. The molecule has 1 heterocycles. The van der Waals surface area contributed by atoms with Crippen molar-refractivity contribution >= 4 is 48.0 Å². The Balaban J connectivity index is 2.42.